The number of nitrogens with zero attached hydrogens (tertiary/aromatic N) is 1. The van der Waals surface area contributed by atoms with Crippen molar-refractivity contribution in [2.75, 3.05) is 6.61 Å². The fourth-order valence-electron chi connectivity index (χ4n) is 2.37. The Balaban J connectivity index is 2.19. The second kappa shape index (κ2) is 7.40. The quantitative estimate of drug-likeness (QED) is 0.606. The fourth-order valence-corrected chi connectivity index (χ4v) is 2.37. The van der Waals surface area contributed by atoms with Crippen LogP contribution in [0.5, 0.6) is 0 Å². The molecule has 0 saturated carbocycles. The molecule has 0 saturated heterocycles. The van der Waals surface area contributed by atoms with E-state index in [1.807, 2.05) is 13.8 Å². The number of nitro groups is 1. The minimum absolute atomic E-state index is 0.00453. The van der Waals surface area contributed by atoms with Crippen molar-refractivity contribution in [2.45, 2.75) is 32.3 Å². The van der Waals surface area contributed by atoms with E-state index in [-0.39, 0.29) is 18.0 Å². The van der Waals surface area contributed by atoms with Crippen LogP contribution in [0.15, 0.2) is 42.5 Å². The maximum Gasteiger partial charge on any atom is 0.340 e. The van der Waals surface area contributed by atoms with Crippen molar-refractivity contribution in [3.8, 4) is 0 Å². The molecule has 1 N–H and O–H groups in total. The van der Waals surface area contributed by atoms with Gasteiger partial charge in [0.25, 0.3) is 5.69 Å². The van der Waals surface area contributed by atoms with Crippen molar-refractivity contribution >= 4 is 17.2 Å². The molecule has 1 aromatic rings. The van der Waals surface area contributed by atoms with Crippen LogP contribution >= 0.6 is 0 Å². The monoisotopic (exact) mass is 331 g/mol. The van der Waals surface area contributed by atoms with Crippen molar-refractivity contribution in [1.29, 1.82) is 0 Å². The lowest BCUT2D eigenvalue weighted by Crippen LogP contribution is -2.41. The van der Waals surface area contributed by atoms with Gasteiger partial charge in [-0.15, -0.1) is 0 Å². The van der Waals surface area contributed by atoms with Crippen LogP contribution in [-0.2, 0) is 9.53 Å². The highest BCUT2D eigenvalue weighted by molar-refractivity contribution is 5.85. The standard InChI is InChI=1S/C18H21NO5/c1-3-13(2)12-24-18(17(20)21)9-7-14(8-10-18)15-5-4-6-16(11-15)19(22)23/h4-9,11,13H,3,10,12H2,1-2H3,(H,20,21)/t13?,18-/m1/s1. The molecule has 1 unspecified atom stereocenters. The number of carboxylic acid groups (broad SMARTS) is 1. The molecule has 6 heteroatoms. The van der Waals surface area contributed by atoms with Crippen molar-refractivity contribution in [2.24, 2.45) is 5.92 Å². The molecule has 1 aromatic carbocycles. The molecule has 2 atom stereocenters. The molecular weight excluding hydrogens is 310 g/mol. The summed E-state index contributed by atoms with van der Waals surface area (Å²) < 4.78 is 5.69. The number of non-ortho nitro benzene ring substituents is 1. The van der Waals surface area contributed by atoms with E-state index in [1.165, 1.54) is 18.2 Å². The number of hydrogen-bond acceptors (Lipinski definition) is 4. The van der Waals surface area contributed by atoms with Gasteiger partial charge >= 0.3 is 5.97 Å². The number of carbonyl (C=O) groups is 1. The summed E-state index contributed by atoms with van der Waals surface area (Å²) in [5.41, 5.74) is 0.0714. The molecule has 0 aliphatic heterocycles. The molecule has 2 rings (SSSR count). The SMILES string of the molecule is CCC(C)CO[C@]1(C(=O)O)C=CC(c2cccc([N+](=O)[O-])c2)=CC1. The Labute approximate surface area is 140 Å². The summed E-state index contributed by atoms with van der Waals surface area (Å²) in [5, 5.41) is 20.4. The van der Waals surface area contributed by atoms with Crippen LogP contribution in [-0.4, -0.2) is 28.2 Å². The molecule has 0 radical (unpaired) electrons. The zero-order valence-electron chi connectivity index (χ0n) is 13.8. The molecule has 0 bridgehead atoms. The third-order valence-electron chi connectivity index (χ3n) is 4.23. The van der Waals surface area contributed by atoms with Crippen molar-refractivity contribution in [3.05, 3.63) is 58.2 Å². The predicted octanol–water partition coefficient (Wildman–Crippen LogP) is 3.82. The Morgan fingerprint density at radius 2 is 2.25 bits per heavy atom. The minimum atomic E-state index is -1.37. The van der Waals surface area contributed by atoms with Crippen LogP contribution in [0.1, 0.15) is 32.3 Å². The van der Waals surface area contributed by atoms with E-state index >= 15 is 0 Å². The Kier molecular flexibility index (Phi) is 5.51. The van der Waals surface area contributed by atoms with E-state index in [4.69, 9.17) is 4.74 Å². The van der Waals surface area contributed by atoms with Crippen LogP contribution in [0.2, 0.25) is 0 Å². The van der Waals surface area contributed by atoms with E-state index in [9.17, 15) is 20.0 Å². The largest absolute Gasteiger partial charge is 0.479 e. The normalized spacial score (nSPS) is 21.2. The number of nitro benzene ring substituents is 1. The van der Waals surface area contributed by atoms with Crippen LogP contribution < -0.4 is 0 Å². The van der Waals surface area contributed by atoms with Crippen LogP contribution in [0.25, 0.3) is 5.57 Å². The summed E-state index contributed by atoms with van der Waals surface area (Å²) >= 11 is 0. The Hall–Kier alpha value is -2.47. The van der Waals surface area contributed by atoms with E-state index in [1.54, 1.807) is 24.3 Å². The molecule has 0 aromatic heterocycles. The van der Waals surface area contributed by atoms with Crippen LogP contribution in [0.3, 0.4) is 0 Å². The summed E-state index contributed by atoms with van der Waals surface area (Å²) in [6, 6.07) is 6.27. The number of carboxylic acids is 1. The van der Waals surface area contributed by atoms with Gasteiger partial charge in [-0.3, -0.25) is 10.1 Å². The Morgan fingerprint density at radius 1 is 1.50 bits per heavy atom. The van der Waals surface area contributed by atoms with Gasteiger partial charge in [-0.1, -0.05) is 44.6 Å². The van der Waals surface area contributed by atoms with Gasteiger partial charge in [0.1, 0.15) is 0 Å². The lowest BCUT2D eigenvalue weighted by Gasteiger charge is -2.29. The molecule has 0 heterocycles. The zero-order chi connectivity index (χ0) is 17.7. The number of ether oxygens (including phenoxy) is 1. The summed E-state index contributed by atoms with van der Waals surface area (Å²) in [7, 11) is 0. The van der Waals surface area contributed by atoms with Gasteiger partial charge in [0.05, 0.1) is 11.5 Å². The maximum absolute atomic E-state index is 11.7. The molecule has 1 aliphatic rings. The van der Waals surface area contributed by atoms with Crippen molar-refractivity contribution in [3.63, 3.8) is 0 Å². The van der Waals surface area contributed by atoms with Gasteiger partial charge in [0.2, 0.25) is 0 Å². The molecule has 128 valence electrons. The molecule has 0 fully saturated rings. The topological polar surface area (TPSA) is 89.7 Å². The number of hydrogen-bond donors (Lipinski definition) is 1. The highest BCUT2D eigenvalue weighted by Crippen LogP contribution is 2.31. The average Bonchev–Trinajstić information content (AvgIpc) is 2.60. The summed E-state index contributed by atoms with van der Waals surface area (Å²) in [4.78, 5) is 22.1. The summed E-state index contributed by atoms with van der Waals surface area (Å²) in [6.45, 7) is 4.40. The van der Waals surface area contributed by atoms with Gasteiger partial charge < -0.3 is 9.84 Å². The third kappa shape index (κ3) is 3.89. The molecule has 1 aliphatic carbocycles. The van der Waals surface area contributed by atoms with Gasteiger partial charge in [0.15, 0.2) is 5.60 Å². The Bertz CT molecular complexity index is 694. The van der Waals surface area contributed by atoms with Crippen molar-refractivity contribution < 1.29 is 19.6 Å². The van der Waals surface area contributed by atoms with Gasteiger partial charge in [-0.2, -0.15) is 0 Å². The first-order valence-corrected chi connectivity index (χ1v) is 7.89. The van der Waals surface area contributed by atoms with E-state index in [2.05, 4.69) is 0 Å². The fraction of sp³-hybridized carbons (Fsp3) is 0.389. The zero-order valence-corrected chi connectivity index (χ0v) is 13.8. The molecule has 0 spiro atoms. The molecule has 0 amide bonds. The van der Waals surface area contributed by atoms with E-state index in [0.29, 0.717) is 12.2 Å². The number of aliphatic carboxylic acids is 1. The first kappa shape index (κ1) is 17.9. The number of benzene rings is 1. The van der Waals surface area contributed by atoms with Gasteiger partial charge in [0, 0.05) is 18.6 Å². The highest BCUT2D eigenvalue weighted by atomic mass is 16.6. The Morgan fingerprint density at radius 3 is 2.79 bits per heavy atom. The number of allylic oxidation sites excluding steroid dienone is 2. The smallest absolute Gasteiger partial charge is 0.340 e. The third-order valence-corrected chi connectivity index (χ3v) is 4.23. The van der Waals surface area contributed by atoms with Crippen LogP contribution in [0, 0.1) is 16.0 Å². The first-order valence-electron chi connectivity index (χ1n) is 7.89. The van der Waals surface area contributed by atoms with E-state index in [0.717, 1.165) is 12.0 Å². The number of rotatable bonds is 7. The van der Waals surface area contributed by atoms with Crippen molar-refractivity contribution in [1.82, 2.24) is 0 Å². The molecule has 24 heavy (non-hydrogen) atoms. The van der Waals surface area contributed by atoms with Gasteiger partial charge in [-0.05, 0) is 23.1 Å². The summed E-state index contributed by atoms with van der Waals surface area (Å²) in [6.07, 6.45) is 6.05. The highest BCUT2D eigenvalue weighted by Gasteiger charge is 2.38. The second-order valence-electron chi connectivity index (χ2n) is 6.02. The second-order valence-corrected chi connectivity index (χ2v) is 6.02. The predicted molar refractivity (Wildman–Crippen MR) is 90.6 cm³/mol. The lowest BCUT2D eigenvalue weighted by molar-refractivity contribution is -0.384. The van der Waals surface area contributed by atoms with Crippen LogP contribution in [0.4, 0.5) is 5.69 Å². The molecule has 6 nitrogen and oxygen atoms in total. The molecular formula is C18H21NO5. The minimum Gasteiger partial charge on any atom is -0.479 e. The van der Waals surface area contributed by atoms with Gasteiger partial charge in [-0.25, -0.2) is 4.79 Å². The lowest BCUT2D eigenvalue weighted by atomic mass is 9.89. The van der Waals surface area contributed by atoms with E-state index < -0.39 is 16.5 Å². The average molecular weight is 331 g/mol. The maximum atomic E-state index is 11.7. The first-order chi connectivity index (χ1) is 11.4. The summed E-state index contributed by atoms with van der Waals surface area (Å²) in [5.74, 6) is -0.756.